The number of benzene rings is 1. The van der Waals surface area contributed by atoms with Gasteiger partial charge in [0.15, 0.2) is 5.13 Å². The molecular formula is C20H25FN3O2S2-. The lowest BCUT2D eigenvalue weighted by Crippen LogP contribution is -2.38. The number of halogens is 1. The number of thiazole rings is 1. The number of rotatable bonds is 5. The summed E-state index contributed by atoms with van der Waals surface area (Å²) in [6.45, 7) is 1.93. The van der Waals surface area contributed by atoms with Crippen molar-refractivity contribution in [1.29, 1.82) is 0 Å². The van der Waals surface area contributed by atoms with Gasteiger partial charge in [-0.15, -0.1) is 11.3 Å². The minimum atomic E-state index is -2.21. The number of anilines is 1. The first-order chi connectivity index (χ1) is 13.5. The van der Waals surface area contributed by atoms with Crippen molar-refractivity contribution in [1.82, 2.24) is 9.71 Å². The Bertz CT molecular complexity index is 865. The highest BCUT2D eigenvalue weighted by Crippen LogP contribution is 2.38. The zero-order chi connectivity index (χ0) is 19.7. The quantitative estimate of drug-likeness (QED) is 0.709. The molecule has 0 aliphatic heterocycles. The largest absolute Gasteiger partial charge is 0.760 e. The van der Waals surface area contributed by atoms with E-state index in [0.717, 1.165) is 61.3 Å². The van der Waals surface area contributed by atoms with E-state index in [1.165, 1.54) is 16.5 Å². The lowest BCUT2D eigenvalue weighted by Gasteiger charge is -2.33. The molecule has 1 aromatic heterocycles. The van der Waals surface area contributed by atoms with Gasteiger partial charge in [0, 0.05) is 33.8 Å². The van der Waals surface area contributed by atoms with Gasteiger partial charge in [-0.05, 0) is 75.5 Å². The van der Waals surface area contributed by atoms with Crippen LogP contribution in [0.2, 0.25) is 0 Å². The molecule has 152 valence electrons. The van der Waals surface area contributed by atoms with Gasteiger partial charge in [-0.1, -0.05) is 6.07 Å². The first-order valence-corrected chi connectivity index (χ1v) is 11.8. The Morgan fingerprint density at radius 2 is 2.07 bits per heavy atom. The van der Waals surface area contributed by atoms with E-state index >= 15 is 0 Å². The normalized spacial score (nSPS) is 24.0. The number of hydrogen-bond acceptors (Lipinski definition) is 5. The minimum absolute atomic E-state index is 0.0263. The predicted octanol–water partition coefficient (Wildman–Crippen LogP) is 4.18. The van der Waals surface area contributed by atoms with Gasteiger partial charge in [0.1, 0.15) is 5.82 Å². The maximum absolute atomic E-state index is 13.8. The second-order valence-electron chi connectivity index (χ2n) is 7.84. The van der Waals surface area contributed by atoms with Crippen molar-refractivity contribution in [3.05, 3.63) is 34.5 Å². The van der Waals surface area contributed by atoms with Crippen LogP contribution in [-0.2, 0) is 24.1 Å². The van der Waals surface area contributed by atoms with Crippen molar-refractivity contribution >= 4 is 27.7 Å². The topological polar surface area (TPSA) is 77.1 Å². The molecule has 28 heavy (non-hydrogen) atoms. The Labute approximate surface area is 171 Å². The molecule has 4 rings (SSSR count). The van der Waals surface area contributed by atoms with Gasteiger partial charge in [-0.3, -0.25) is 4.21 Å². The highest BCUT2D eigenvalue weighted by molar-refractivity contribution is 7.77. The number of fused-ring (bicyclic) bond motifs is 3. The van der Waals surface area contributed by atoms with E-state index in [9.17, 15) is 13.2 Å². The van der Waals surface area contributed by atoms with E-state index < -0.39 is 11.3 Å². The van der Waals surface area contributed by atoms with Crippen LogP contribution in [0.3, 0.4) is 0 Å². The van der Waals surface area contributed by atoms with Crippen LogP contribution in [0.15, 0.2) is 18.2 Å². The Balaban J connectivity index is 1.43. The molecule has 2 aromatic rings. The molecule has 1 saturated carbocycles. The van der Waals surface area contributed by atoms with Crippen LogP contribution >= 0.6 is 11.3 Å². The molecule has 0 radical (unpaired) electrons. The predicted molar refractivity (Wildman–Crippen MR) is 110 cm³/mol. The monoisotopic (exact) mass is 422 g/mol. The van der Waals surface area contributed by atoms with E-state index in [0.29, 0.717) is 12.0 Å². The summed E-state index contributed by atoms with van der Waals surface area (Å²) in [5.74, 6) is 0.160. The van der Waals surface area contributed by atoms with Gasteiger partial charge in [0.25, 0.3) is 0 Å². The second kappa shape index (κ2) is 8.57. The molecular weight excluding hydrogens is 397 g/mol. The summed E-state index contributed by atoms with van der Waals surface area (Å²) in [5, 5.41) is 4.49. The fourth-order valence-corrected chi connectivity index (χ4v) is 6.00. The zero-order valence-corrected chi connectivity index (χ0v) is 17.5. The van der Waals surface area contributed by atoms with E-state index in [-0.39, 0.29) is 11.9 Å². The molecule has 2 aliphatic rings. The summed E-state index contributed by atoms with van der Waals surface area (Å²) in [6, 6.07) is 5.36. The number of aromatic nitrogens is 1. The average Bonchev–Trinajstić information content (AvgIpc) is 2.97. The molecule has 0 spiro atoms. The van der Waals surface area contributed by atoms with Crippen LogP contribution in [0.1, 0.15) is 49.5 Å². The molecule has 2 atom stereocenters. The summed E-state index contributed by atoms with van der Waals surface area (Å²) in [5.41, 5.74) is 3.05. The molecule has 2 aliphatic carbocycles. The Morgan fingerprint density at radius 3 is 2.82 bits per heavy atom. The van der Waals surface area contributed by atoms with Crippen LogP contribution in [0.5, 0.6) is 0 Å². The number of hydrogen-bond donors (Lipinski definition) is 2. The van der Waals surface area contributed by atoms with Gasteiger partial charge in [-0.25, -0.2) is 14.1 Å². The molecule has 0 bridgehead atoms. The van der Waals surface area contributed by atoms with E-state index in [2.05, 4.69) is 10.0 Å². The van der Waals surface area contributed by atoms with Crippen molar-refractivity contribution in [2.24, 2.45) is 5.92 Å². The van der Waals surface area contributed by atoms with Gasteiger partial charge in [0.2, 0.25) is 0 Å². The molecule has 2 unspecified atom stereocenters. The summed E-state index contributed by atoms with van der Waals surface area (Å²) in [7, 11) is 0. The lowest BCUT2D eigenvalue weighted by atomic mass is 9.82. The Hall–Kier alpha value is -1.35. The van der Waals surface area contributed by atoms with Gasteiger partial charge >= 0.3 is 0 Å². The smallest absolute Gasteiger partial charge is 0.183 e. The molecule has 0 amide bonds. The third kappa shape index (κ3) is 4.45. The van der Waals surface area contributed by atoms with E-state index in [1.807, 2.05) is 13.0 Å². The van der Waals surface area contributed by atoms with Crippen LogP contribution in [0.4, 0.5) is 9.52 Å². The molecule has 1 aromatic carbocycles. The SMILES string of the molecule is CC(NS(=O)[O-])C1CCC(Nc2nc3c(s2)CCCc2ccc(F)cc2-3)CC1. The number of nitrogens with one attached hydrogen (secondary N) is 2. The fraction of sp³-hybridized carbons (Fsp3) is 0.550. The van der Waals surface area contributed by atoms with Crippen LogP contribution < -0.4 is 10.0 Å². The second-order valence-corrected chi connectivity index (χ2v) is 9.63. The highest BCUT2D eigenvalue weighted by atomic mass is 32.2. The van der Waals surface area contributed by atoms with Crippen LogP contribution in [-0.4, -0.2) is 25.8 Å². The highest BCUT2D eigenvalue weighted by Gasteiger charge is 2.27. The molecule has 2 N–H and O–H groups in total. The number of aryl methyl sites for hydroxylation is 2. The van der Waals surface area contributed by atoms with Gasteiger partial charge < -0.3 is 9.87 Å². The lowest BCUT2D eigenvalue weighted by molar-refractivity contribution is 0.288. The summed E-state index contributed by atoms with van der Waals surface area (Å²) in [4.78, 5) is 6.06. The number of nitrogens with zero attached hydrogens (tertiary/aromatic N) is 1. The van der Waals surface area contributed by atoms with Crippen molar-refractivity contribution < 1.29 is 13.2 Å². The van der Waals surface area contributed by atoms with Crippen molar-refractivity contribution in [2.45, 2.75) is 64.0 Å². The van der Waals surface area contributed by atoms with Crippen molar-refractivity contribution in [3.8, 4) is 11.3 Å². The van der Waals surface area contributed by atoms with Crippen LogP contribution in [0.25, 0.3) is 11.3 Å². The molecule has 1 heterocycles. The molecule has 5 nitrogen and oxygen atoms in total. The molecule has 8 heteroatoms. The maximum atomic E-state index is 13.8. The fourth-order valence-electron chi connectivity index (χ4n) is 4.41. The Kier molecular flexibility index (Phi) is 6.10. The summed E-state index contributed by atoms with van der Waals surface area (Å²) >= 11 is -0.517. The van der Waals surface area contributed by atoms with Crippen molar-refractivity contribution in [2.75, 3.05) is 5.32 Å². The van der Waals surface area contributed by atoms with E-state index in [4.69, 9.17) is 4.98 Å². The molecule has 0 saturated heterocycles. The third-order valence-electron chi connectivity index (χ3n) is 5.96. The maximum Gasteiger partial charge on any atom is 0.183 e. The molecule has 1 fully saturated rings. The van der Waals surface area contributed by atoms with Crippen LogP contribution in [0, 0.1) is 11.7 Å². The van der Waals surface area contributed by atoms with Crippen molar-refractivity contribution in [3.63, 3.8) is 0 Å². The average molecular weight is 423 g/mol. The Morgan fingerprint density at radius 1 is 1.29 bits per heavy atom. The summed E-state index contributed by atoms with van der Waals surface area (Å²) in [6.07, 6.45) is 6.98. The standard InChI is InChI=1S/C20H26FN3O2S2/c1-12(24-28(25)26)13-6-9-16(10-7-13)22-20-23-19-17-11-15(21)8-5-14(17)3-2-4-18(19)27-20/h5,8,11-13,16,24H,2-4,6-7,9-10H2,1H3,(H,22,23)(H,25,26)/p-1. The van der Waals surface area contributed by atoms with Gasteiger partial charge in [0.05, 0.1) is 5.69 Å². The zero-order valence-electron chi connectivity index (χ0n) is 15.9. The summed E-state index contributed by atoms with van der Waals surface area (Å²) < 4.78 is 38.1. The third-order valence-corrected chi connectivity index (χ3v) is 7.57. The first kappa shape index (κ1) is 19.9. The minimum Gasteiger partial charge on any atom is -0.760 e. The first-order valence-electron chi connectivity index (χ1n) is 9.90. The van der Waals surface area contributed by atoms with E-state index in [1.54, 1.807) is 17.4 Å². The van der Waals surface area contributed by atoms with Gasteiger partial charge in [-0.2, -0.15) is 0 Å².